The molecule has 0 aliphatic carbocycles. The number of esters is 1. The van der Waals surface area contributed by atoms with Gasteiger partial charge < -0.3 is 19.4 Å². The Kier molecular flexibility index (Phi) is 6.98. The van der Waals surface area contributed by atoms with Gasteiger partial charge in [0.25, 0.3) is 5.91 Å². The van der Waals surface area contributed by atoms with Crippen LogP contribution in [-0.2, 0) is 4.74 Å². The highest BCUT2D eigenvalue weighted by Gasteiger charge is 2.14. The molecule has 30 heavy (non-hydrogen) atoms. The molecular formula is C23H24N2O5. The third-order valence-corrected chi connectivity index (χ3v) is 4.80. The zero-order valence-electron chi connectivity index (χ0n) is 17.0. The van der Waals surface area contributed by atoms with E-state index in [1.165, 1.54) is 6.07 Å². The summed E-state index contributed by atoms with van der Waals surface area (Å²) in [4.78, 5) is 38.9. The number of rotatable bonds is 8. The lowest BCUT2D eigenvalue weighted by atomic mass is 10.1. The molecule has 7 nitrogen and oxygen atoms in total. The normalized spacial score (nSPS) is 10.9. The zero-order valence-corrected chi connectivity index (χ0v) is 17.0. The average Bonchev–Trinajstić information content (AvgIpc) is 2.76. The van der Waals surface area contributed by atoms with Crippen LogP contribution in [0.5, 0.6) is 0 Å². The molecule has 1 amide bonds. The molecule has 156 valence electrons. The Balaban J connectivity index is 1.63. The van der Waals surface area contributed by atoms with Gasteiger partial charge in [0.1, 0.15) is 17.8 Å². The molecule has 1 N–H and O–H groups in total. The summed E-state index contributed by atoms with van der Waals surface area (Å²) in [7, 11) is 0. The van der Waals surface area contributed by atoms with Crippen LogP contribution in [0.15, 0.2) is 63.8 Å². The molecule has 0 fully saturated rings. The summed E-state index contributed by atoms with van der Waals surface area (Å²) >= 11 is 0. The van der Waals surface area contributed by atoms with E-state index in [4.69, 9.17) is 9.15 Å². The van der Waals surface area contributed by atoms with Crippen LogP contribution >= 0.6 is 0 Å². The summed E-state index contributed by atoms with van der Waals surface area (Å²) in [6.45, 7) is 6.91. The zero-order chi connectivity index (χ0) is 21.5. The Morgan fingerprint density at radius 1 is 1.03 bits per heavy atom. The second-order valence-corrected chi connectivity index (χ2v) is 6.68. The minimum atomic E-state index is -0.709. The lowest BCUT2D eigenvalue weighted by Crippen LogP contribution is -2.27. The van der Waals surface area contributed by atoms with Gasteiger partial charge in [-0.05, 0) is 49.5 Å². The van der Waals surface area contributed by atoms with E-state index in [0.717, 1.165) is 13.1 Å². The number of carbonyl (C=O) groups is 2. The SMILES string of the molecule is CCN(CC)CCOC(=O)c1ccc(NC(=O)c2cc3ccccc3oc2=O)cc1. The Morgan fingerprint density at radius 3 is 2.43 bits per heavy atom. The highest BCUT2D eigenvalue weighted by Crippen LogP contribution is 2.15. The number of fused-ring (bicyclic) bond motifs is 1. The molecule has 7 heteroatoms. The molecule has 0 saturated heterocycles. The van der Waals surface area contributed by atoms with Crippen molar-refractivity contribution in [3.05, 3.63) is 76.1 Å². The van der Waals surface area contributed by atoms with Crippen molar-refractivity contribution in [1.29, 1.82) is 0 Å². The van der Waals surface area contributed by atoms with Crippen molar-refractivity contribution in [1.82, 2.24) is 4.90 Å². The fourth-order valence-electron chi connectivity index (χ4n) is 3.00. The number of amides is 1. The molecule has 3 aromatic rings. The summed E-state index contributed by atoms with van der Waals surface area (Å²) in [5.74, 6) is -1.00. The highest BCUT2D eigenvalue weighted by atomic mass is 16.5. The van der Waals surface area contributed by atoms with Gasteiger partial charge in [-0.25, -0.2) is 9.59 Å². The molecule has 0 saturated carbocycles. The van der Waals surface area contributed by atoms with Crippen LogP contribution in [0.25, 0.3) is 11.0 Å². The van der Waals surface area contributed by atoms with Crippen LogP contribution < -0.4 is 10.9 Å². The van der Waals surface area contributed by atoms with Crippen LogP contribution in [0.3, 0.4) is 0 Å². The molecule has 2 aromatic carbocycles. The highest BCUT2D eigenvalue weighted by molar-refractivity contribution is 6.05. The molecule has 3 rings (SSSR count). The monoisotopic (exact) mass is 408 g/mol. The summed E-state index contributed by atoms with van der Waals surface area (Å²) in [5.41, 5.74) is 0.459. The van der Waals surface area contributed by atoms with Crippen molar-refractivity contribution < 1.29 is 18.7 Å². The number of nitrogens with zero attached hydrogens (tertiary/aromatic N) is 1. The number of anilines is 1. The Morgan fingerprint density at radius 2 is 1.73 bits per heavy atom. The first-order valence-electron chi connectivity index (χ1n) is 9.85. The number of ether oxygens (including phenoxy) is 1. The third kappa shape index (κ3) is 5.12. The maximum atomic E-state index is 12.5. The number of likely N-dealkylation sites (N-methyl/N-ethyl adjacent to an activating group) is 1. The fraction of sp³-hybridized carbons (Fsp3) is 0.261. The minimum Gasteiger partial charge on any atom is -0.461 e. The topological polar surface area (TPSA) is 88.8 Å². The quantitative estimate of drug-likeness (QED) is 0.453. The van der Waals surface area contributed by atoms with Crippen molar-refractivity contribution in [2.75, 3.05) is 31.6 Å². The molecule has 0 radical (unpaired) electrons. The van der Waals surface area contributed by atoms with Gasteiger partial charge in [-0.1, -0.05) is 32.0 Å². The summed E-state index contributed by atoms with van der Waals surface area (Å²) in [6.07, 6.45) is 0. The minimum absolute atomic E-state index is 0.0893. The molecule has 0 spiro atoms. The molecule has 0 aliphatic heterocycles. The van der Waals surface area contributed by atoms with E-state index in [9.17, 15) is 14.4 Å². The van der Waals surface area contributed by atoms with Crippen LogP contribution in [0.1, 0.15) is 34.6 Å². The van der Waals surface area contributed by atoms with Gasteiger partial charge >= 0.3 is 11.6 Å². The summed E-state index contributed by atoms with van der Waals surface area (Å²) < 4.78 is 10.5. The summed E-state index contributed by atoms with van der Waals surface area (Å²) in [6, 6.07) is 14.8. The second-order valence-electron chi connectivity index (χ2n) is 6.68. The molecule has 1 heterocycles. The van der Waals surface area contributed by atoms with Gasteiger partial charge in [0.2, 0.25) is 0 Å². The molecule has 0 atom stereocenters. The number of hydrogen-bond donors (Lipinski definition) is 1. The lowest BCUT2D eigenvalue weighted by Gasteiger charge is -2.17. The standard InChI is InChI=1S/C23H24N2O5/c1-3-25(4-2)13-14-29-22(27)16-9-11-18(12-10-16)24-21(26)19-15-17-7-5-6-8-20(17)30-23(19)28/h5-12,15H,3-4,13-14H2,1-2H3,(H,24,26). The van der Waals surface area contributed by atoms with Crippen molar-refractivity contribution in [2.45, 2.75) is 13.8 Å². The fourth-order valence-corrected chi connectivity index (χ4v) is 3.00. The van der Waals surface area contributed by atoms with E-state index in [-0.39, 0.29) is 5.56 Å². The number of para-hydroxylation sites is 1. The van der Waals surface area contributed by atoms with Crippen molar-refractivity contribution in [3.63, 3.8) is 0 Å². The van der Waals surface area contributed by atoms with Gasteiger partial charge in [-0.15, -0.1) is 0 Å². The predicted octanol–water partition coefficient (Wildman–Crippen LogP) is 3.54. The first-order chi connectivity index (χ1) is 14.5. The van der Waals surface area contributed by atoms with E-state index < -0.39 is 17.5 Å². The Hall–Kier alpha value is -3.45. The molecule has 0 unspecified atom stereocenters. The molecule has 1 aromatic heterocycles. The van der Waals surface area contributed by atoms with Crippen LogP contribution in [0.2, 0.25) is 0 Å². The first-order valence-corrected chi connectivity index (χ1v) is 9.85. The number of nitrogens with one attached hydrogen (secondary N) is 1. The van der Waals surface area contributed by atoms with E-state index in [1.807, 2.05) is 0 Å². The van der Waals surface area contributed by atoms with Crippen LogP contribution in [-0.4, -0.2) is 43.0 Å². The van der Waals surface area contributed by atoms with Gasteiger partial charge in [0.15, 0.2) is 0 Å². The first kappa shape index (κ1) is 21.3. The number of benzene rings is 2. The van der Waals surface area contributed by atoms with Gasteiger partial charge in [-0.3, -0.25) is 4.79 Å². The predicted molar refractivity (Wildman–Crippen MR) is 115 cm³/mol. The van der Waals surface area contributed by atoms with E-state index in [2.05, 4.69) is 24.1 Å². The Labute approximate surface area is 174 Å². The largest absolute Gasteiger partial charge is 0.461 e. The molecule has 0 bridgehead atoms. The van der Waals surface area contributed by atoms with Gasteiger partial charge in [-0.2, -0.15) is 0 Å². The van der Waals surface area contributed by atoms with Crippen molar-refractivity contribution in [2.24, 2.45) is 0 Å². The smallest absolute Gasteiger partial charge is 0.349 e. The maximum Gasteiger partial charge on any atom is 0.349 e. The van der Waals surface area contributed by atoms with Crippen molar-refractivity contribution in [3.8, 4) is 0 Å². The van der Waals surface area contributed by atoms with E-state index >= 15 is 0 Å². The number of carbonyl (C=O) groups excluding carboxylic acids is 2. The van der Waals surface area contributed by atoms with Gasteiger partial charge in [0.05, 0.1) is 5.56 Å². The Bertz CT molecular complexity index is 1080. The third-order valence-electron chi connectivity index (χ3n) is 4.80. The maximum absolute atomic E-state index is 12.5. The average molecular weight is 408 g/mol. The van der Waals surface area contributed by atoms with E-state index in [1.54, 1.807) is 48.5 Å². The second kappa shape index (κ2) is 9.84. The van der Waals surface area contributed by atoms with E-state index in [0.29, 0.717) is 35.4 Å². The van der Waals surface area contributed by atoms with Gasteiger partial charge in [0, 0.05) is 17.6 Å². The molecule has 0 aliphatic rings. The van der Waals surface area contributed by atoms with Crippen LogP contribution in [0.4, 0.5) is 5.69 Å². The lowest BCUT2D eigenvalue weighted by molar-refractivity contribution is 0.0466. The summed E-state index contributed by atoms with van der Waals surface area (Å²) in [5, 5.41) is 3.30. The molecular weight excluding hydrogens is 384 g/mol. The van der Waals surface area contributed by atoms with Crippen LogP contribution in [0, 0.1) is 0 Å². The van der Waals surface area contributed by atoms with Crippen molar-refractivity contribution >= 4 is 28.5 Å². The number of hydrogen-bond acceptors (Lipinski definition) is 6.